The van der Waals surface area contributed by atoms with Gasteiger partial charge in [-0.2, -0.15) is 9.78 Å². The molecule has 4 rings (SSSR count). The number of fused-ring (bicyclic) bond motifs is 1. The molecule has 1 saturated heterocycles. The minimum absolute atomic E-state index is 0.0516. The summed E-state index contributed by atoms with van der Waals surface area (Å²) in [4.78, 5) is 24.9. The number of carbonyl (C=O) groups is 1. The van der Waals surface area contributed by atoms with Crippen LogP contribution < -0.4 is 10.9 Å². The Kier molecular flexibility index (Phi) is 5.37. The van der Waals surface area contributed by atoms with Gasteiger partial charge in [-0.15, -0.1) is 0 Å². The van der Waals surface area contributed by atoms with Crippen molar-refractivity contribution in [3.63, 3.8) is 0 Å². The Balaban J connectivity index is 1.65. The van der Waals surface area contributed by atoms with Crippen LogP contribution in [-0.2, 0) is 9.47 Å². The third-order valence-corrected chi connectivity index (χ3v) is 5.94. The van der Waals surface area contributed by atoms with Crippen molar-refractivity contribution in [2.24, 2.45) is 5.92 Å². The highest BCUT2D eigenvalue weighted by atomic mass is 35.5. The summed E-state index contributed by atoms with van der Waals surface area (Å²) in [5.41, 5.74) is 0.596. The van der Waals surface area contributed by atoms with E-state index in [4.69, 9.17) is 21.1 Å². The molecule has 2 heterocycles. The highest BCUT2D eigenvalue weighted by molar-refractivity contribution is 6.33. The Morgan fingerprint density at radius 1 is 1.32 bits per heavy atom. The zero-order chi connectivity index (χ0) is 19.7. The molecule has 1 saturated carbocycles. The van der Waals surface area contributed by atoms with E-state index in [0.29, 0.717) is 17.3 Å². The molecule has 0 radical (unpaired) electrons. The fraction of sp³-hybridized carbons (Fsp3) is 0.450. The maximum atomic E-state index is 12.9. The molecule has 0 bridgehead atoms. The van der Waals surface area contributed by atoms with Crippen LogP contribution in [0.25, 0.3) is 5.69 Å². The van der Waals surface area contributed by atoms with Crippen LogP contribution in [0.4, 0.5) is 5.69 Å². The normalized spacial score (nSPS) is 23.9. The number of nitrogens with one attached hydrogen (secondary N) is 1. The molecule has 1 aliphatic heterocycles. The van der Waals surface area contributed by atoms with Crippen molar-refractivity contribution in [2.75, 3.05) is 19.0 Å². The number of rotatable bonds is 4. The Bertz CT molecular complexity index is 945. The molecule has 148 valence electrons. The zero-order valence-electron chi connectivity index (χ0n) is 15.6. The summed E-state index contributed by atoms with van der Waals surface area (Å²) in [5.74, 6) is -0.121. The number of benzene rings is 1. The Morgan fingerprint density at radius 3 is 2.96 bits per heavy atom. The highest BCUT2D eigenvalue weighted by Crippen LogP contribution is 2.36. The van der Waals surface area contributed by atoms with Gasteiger partial charge in [-0.25, -0.2) is 4.79 Å². The van der Waals surface area contributed by atoms with Crippen LogP contribution >= 0.6 is 11.6 Å². The molecular weight excluding hydrogens is 382 g/mol. The smallest absolute Gasteiger partial charge is 0.340 e. The van der Waals surface area contributed by atoms with Gasteiger partial charge >= 0.3 is 5.97 Å². The number of aromatic nitrogens is 2. The van der Waals surface area contributed by atoms with Gasteiger partial charge in [0.15, 0.2) is 0 Å². The van der Waals surface area contributed by atoms with E-state index in [1.807, 2.05) is 0 Å². The number of halogens is 1. The van der Waals surface area contributed by atoms with Crippen LogP contribution in [0.5, 0.6) is 0 Å². The largest absolute Gasteiger partial charge is 0.465 e. The van der Waals surface area contributed by atoms with E-state index in [1.54, 1.807) is 24.3 Å². The third-order valence-electron chi connectivity index (χ3n) is 5.58. The Hall–Kier alpha value is -2.38. The molecule has 1 aliphatic carbocycles. The van der Waals surface area contributed by atoms with E-state index in [1.165, 1.54) is 13.3 Å². The fourth-order valence-electron chi connectivity index (χ4n) is 4.20. The molecule has 1 aromatic heterocycles. The van der Waals surface area contributed by atoms with Gasteiger partial charge in [0.1, 0.15) is 5.02 Å². The van der Waals surface area contributed by atoms with E-state index in [0.717, 1.165) is 37.0 Å². The summed E-state index contributed by atoms with van der Waals surface area (Å²) >= 11 is 6.39. The van der Waals surface area contributed by atoms with Crippen molar-refractivity contribution < 1.29 is 14.3 Å². The summed E-state index contributed by atoms with van der Waals surface area (Å²) in [6.07, 6.45) is 6.00. The molecule has 2 aromatic rings. The molecule has 1 N–H and O–H groups in total. The van der Waals surface area contributed by atoms with Crippen LogP contribution in [-0.4, -0.2) is 41.6 Å². The predicted octanol–water partition coefficient (Wildman–Crippen LogP) is 3.04. The monoisotopic (exact) mass is 403 g/mol. The third kappa shape index (κ3) is 3.40. The lowest BCUT2D eigenvalue weighted by molar-refractivity contribution is 0.0600. The molecule has 1 aromatic carbocycles. The van der Waals surface area contributed by atoms with Crippen LogP contribution in [0, 0.1) is 5.92 Å². The first kappa shape index (κ1) is 19.0. The molecule has 28 heavy (non-hydrogen) atoms. The van der Waals surface area contributed by atoms with E-state index in [9.17, 15) is 9.59 Å². The number of para-hydroxylation sites is 1. The summed E-state index contributed by atoms with van der Waals surface area (Å²) in [6, 6.07) is 6.83. The van der Waals surface area contributed by atoms with Gasteiger partial charge in [-0.05, 0) is 37.8 Å². The minimum atomic E-state index is -0.544. The van der Waals surface area contributed by atoms with Crippen LogP contribution in [0.1, 0.15) is 36.0 Å². The molecule has 0 spiro atoms. The summed E-state index contributed by atoms with van der Waals surface area (Å²) < 4.78 is 11.7. The van der Waals surface area contributed by atoms with Gasteiger partial charge in [0.25, 0.3) is 5.56 Å². The van der Waals surface area contributed by atoms with Crippen LogP contribution in [0.15, 0.2) is 35.3 Å². The first-order valence-electron chi connectivity index (χ1n) is 9.44. The molecule has 7 nitrogen and oxygen atoms in total. The van der Waals surface area contributed by atoms with Crippen LogP contribution in [0.2, 0.25) is 5.02 Å². The van der Waals surface area contributed by atoms with Gasteiger partial charge in [0, 0.05) is 18.6 Å². The molecular formula is C20H22ClN3O4. The van der Waals surface area contributed by atoms with Crippen molar-refractivity contribution in [1.29, 1.82) is 0 Å². The van der Waals surface area contributed by atoms with Crippen molar-refractivity contribution in [3.05, 3.63) is 51.4 Å². The Labute approximate surface area is 167 Å². The first-order valence-corrected chi connectivity index (χ1v) is 9.81. The van der Waals surface area contributed by atoms with E-state index in [2.05, 4.69) is 10.4 Å². The van der Waals surface area contributed by atoms with Gasteiger partial charge in [0.05, 0.1) is 36.3 Å². The standard InChI is InChI=1S/C20H22ClN3O4/c1-27-20(26)13-5-2-3-7-16(13)24-19(25)18(21)15(11-22-24)23-14-6-4-8-17-12(14)9-10-28-17/h2-3,5,7,11-12,14,17,23H,4,6,8-10H2,1H3. The number of anilines is 1. The molecule has 8 heteroatoms. The number of hydrogen-bond acceptors (Lipinski definition) is 6. The molecule has 2 aliphatic rings. The molecule has 3 atom stereocenters. The number of ether oxygens (including phenoxy) is 2. The highest BCUT2D eigenvalue weighted by Gasteiger charge is 2.38. The minimum Gasteiger partial charge on any atom is -0.465 e. The summed E-state index contributed by atoms with van der Waals surface area (Å²) in [5, 5.41) is 7.72. The topological polar surface area (TPSA) is 82.5 Å². The van der Waals surface area contributed by atoms with Gasteiger partial charge in [0.2, 0.25) is 0 Å². The zero-order valence-corrected chi connectivity index (χ0v) is 16.3. The molecule has 2 fully saturated rings. The maximum Gasteiger partial charge on any atom is 0.340 e. The quantitative estimate of drug-likeness (QED) is 0.790. The second-order valence-electron chi connectivity index (χ2n) is 7.14. The van der Waals surface area contributed by atoms with Crippen molar-refractivity contribution >= 4 is 23.3 Å². The fourth-order valence-corrected chi connectivity index (χ4v) is 4.38. The lowest BCUT2D eigenvalue weighted by Gasteiger charge is -2.34. The second kappa shape index (κ2) is 7.93. The van der Waals surface area contributed by atoms with E-state index in [-0.39, 0.29) is 22.7 Å². The van der Waals surface area contributed by atoms with Crippen molar-refractivity contribution in [1.82, 2.24) is 9.78 Å². The Morgan fingerprint density at radius 2 is 2.14 bits per heavy atom. The summed E-state index contributed by atoms with van der Waals surface area (Å²) in [6.45, 7) is 0.783. The van der Waals surface area contributed by atoms with Gasteiger partial charge < -0.3 is 14.8 Å². The average molecular weight is 404 g/mol. The predicted molar refractivity (Wildman–Crippen MR) is 105 cm³/mol. The number of methoxy groups -OCH3 is 1. The lowest BCUT2D eigenvalue weighted by Crippen LogP contribution is -2.39. The number of nitrogens with zero attached hydrogens (tertiary/aromatic N) is 2. The summed E-state index contributed by atoms with van der Waals surface area (Å²) in [7, 11) is 1.29. The SMILES string of the molecule is COC(=O)c1ccccc1-n1ncc(NC2CCCC3OCCC23)c(Cl)c1=O. The first-order chi connectivity index (χ1) is 13.6. The second-order valence-corrected chi connectivity index (χ2v) is 7.52. The van der Waals surface area contributed by atoms with E-state index >= 15 is 0 Å². The number of hydrogen-bond donors (Lipinski definition) is 1. The lowest BCUT2D eigenvalue weighted by atomic mass is 9.82. The van der Waals surface area contributed by atoms with Gasteiger partial charge in [-0.3, -0.25) is 4.79 Å². The van der Waals surface area contributed by atoms with Crippen LogP contribution in [0.3, 0.4) is 0 Å². The van der Waals surface area contributed by atoms with Gasteiger partial charge in [-0.1, -0.05) is 23.7 Å². The molecule has 3 unspecified atom stereocenters. The average Bonchev–Trinajstić information content (AvgIpc) is 3.21. The van der Waals surface area contributed by atoms with Crippen molar-refractivity contribution in [3.8, 4) is 5.69 Å². The van der Waals surface area contributed by atoms with Crippen molar-refractivity contribution in [2.45, 2.75) is 37.8 Å². The van der Waals surface area contributed by atoms with E-state index < -0.39 is 11.5 Å². The maximum absolute atomic E-state index is 12.9. The number of carbonyl (C=O) groups excluding carboxylic acids is 1. The molecule has 0 amide bonds. The number of esters is 1.